The quantitative estimate of drug-likeness (QED) is 0.372. The van der Waals surface area contributed by atoms with Crippen LogP contribution in [0.15, 0.2) is 60.9 Å². The highest BCUT2D eigenvalue weighted by atomic mass is 19.1. The number of benzene rings is 1. The average molecular weight is 435 g/mol. The van der Waals surface area contributed by atoms with Gasteiger partial charge in [-0.05, 0) is 48.4 Å². The van der Waals surface area contributed by atoms with Gasteiger partial charge in [0.2, 0.25) is 0 Å². The molecule has 0 aliphatic heterocycles. The molecule has 1 amide bonds. The highest BCUT2D eigenvalue weighted by molar-refractivity contribution is 6.06. The molecule has 0 bridgehead atoms. The summed E-state index contributed by atoms with van der Waals surface area (Å²) in [5.74, 6) is -0.532. The molecule has 0 unspecified atom stereocenters. The van der Waals surface area contributed by atoms with Gasteiger partial charge in [-0.2, -0.15) is 0 Å². The Kier molecular flexibility index (Phi) is 6.39. The van der Waals surface area contributed by atoms with Crippen LogP contribution in [-0.2, 0) is 6.54 Å². The number of unbranched alkanes of at least 4 members (excludes halogenated alkanes) is 1. The van der Waals surface area contributed by atoms with Crippen molar-refractivity contribution in [3.8, 4) is 0 Å². The molecule has 2 N–H and O–H groups in total. The van der Waals surface area contributed by atoms with Crippen molar-refractivity contribution in [2.24, 2.45) is 0 Å². The van der Waals surface area contributed by atoms with E-state index in [2.05, 4.69) is 27.5 Å². The predicted octanol–water partition coefficient (Wildman–Crippen LogP) is 5.22. The number of fused-ring (bicyclic) bond motifs is 1. The maximum atomic E-state index is 13.7. The van der Waals surface area contributed by atoms with Crippen LogP contribution < -0.4 is 10.6 Å². The third-order valence-electron chi connectivity index (χ3n) is 5.02. The van der Waals surface area contributed by atoms with Crippen molar-refractivity contribution in [2.45, 2.75) is 26.3 Å². The van der Waals surface area contributed by atoms with Crippen molar-refractivity contribution in [3.05, 3.63) is 83.8 Å². The first-order valence-electron chi connectivity index (χ1n) is 10.4. The van der Waals surface area contributed by atoms with Crippen molar-refractivity contribution in [1.82, 2.24) is 14.5 Å². The maximum absolute atomic E-state index is 13.7. The lowest BCUT2D eigenvalue weighted by Crippen LogP contribution is -2.18. The molecule has 4 aromatic rings. The normalized spacial score (nSPS) is 11.0. The summed E-state index contributed by atoms with van der Waals surface area (Å²) >= 11 is 0. The van der Waals surface area contributed by atoms with Crippen LogP contribution >= 0.6 is 0 Å². The molecule has 0 saturated heterocycles. The first kappa shape index (κ1) is 21.4. The van der Waals surface area contributed by atoms with Crippen LogP contribution in [0.4, 0.5) is 20.3 Å². The summed E-state index contributed by atoms with van der Waals surface area (Å²) in [5, 5.41) is 6.53. The van der Waals surface area contributed by atoms with Gasteiger partial charge in [-0.3, -0.25) is 4.79 Å². The molecule has 0 spiro atoms. The number of aromatic nitrogens is 3. The second-order valence-corrected chi connectivity index (χ2v) is 7.48. The number of hydrogen-bond acceptors (Lipinski definition) is 4. The van der Waals surface area contributed by atoms with E-state index in [1.54, 1.807) is 41.1 Å². The van der Waals surface area contributed by atoms with Crippen molar-refractivity contribution >= 4 is 28.4 Å². The zero-order chi connectivity index (χ0) is 22.5. The Morgan fingerprint density at radius 3 is 2.66 bits per heavy atom. The molecule has 8 heteroatoms. The minimum absolute atomic E-state index is 0.210. The predicted molar refractivity (Wildman–Crippen MR) is 121 cm³/mol. The van der Waals surface area contributed by atoms with Crippen molar-refractivity contribution in [1.29, 1.82) is 0 Å². The van der Waals surface area contributed by atoms with E-state index in [-0.39, 0.29) is 18.1 Å². The smallest absolute Gasteiger partial charge is 0.272 e. The van der Waals surface area contributed by atoms with E-state index in [1.807, 2.05) is 0 Å². The molecule has 4 rings (SSSR count). The first-order valence-corrected chi connectivity index (χ1v) is 10.4. The summed E-state index contributed by atoms with van der Waals surface area (Å²) in [4.78, 5) is 21.5. The van der Waals surface area contributed by atoms with Gasteiger partial charge in [-0.25, -0.2) is 18.7 Å². The van der Waals surface area contributed by atoms with Crippen LogP contribution in [0.25, 0.3) is 11.0 Å². The highest BCUT2D eigenvalue weighted by Gasteiger charge is 2.18. The lowest BCUT2D eigenvalue weighted by atomic mass is 10.2. The van der Waals surface area contributed by atoms with Gasteiger partial charge in [-0.1, -0.05) is 25.5 Å². The van der Waals surface area contributed by atoms with E-state index in [0.717, 1.165) is 31.4 Å². The number of anilines is 2. The summed E-state index contributed by atoms with van der Waals surface area (Å²) < 4.78 is 29.0. The Morgan fingerprint density at radius 2 is 1.91 bits per heavy atom. The molecular weight excluding hydrogens is 412 g/mol. The summed E-state index contributed by atoms with van der Waals surface area (Å²) in [6.07, 6.45) is 4.80. The third-order valence-corrected chi connectivity index (χ3v) is 5.02. The minimum atomic E-state index is -0.497. The number of amides is 1. The molecule has 164 valence electrons. The first-order chi connectivity index (χ1) is 15.5. The molecule has 0 atom stereocenters. The zero-order valence-electron chi connectivity index (χ0n) is 17.6. The number of carbonyl (C=O) groups is 1. The number of carbonyl (C=O) groups excluding carboxylic acids is 1. The molecule has 0 fully saturated rings. The number of hydrogen-bond donors (Lipinski definition) is 2. The minimum Gasteiger partial charge on any atom is -0.370 e. The lowest BCUT2D eigenvalue weighted by molar-refractivity contribution is 0.101. The van der Waals surface area contributed by atoms with E-state index in [0.29, 0.717) is 22.3 Å². The van der Waals surface area contributed by atoms with Gasteiger partial charge in [0, 0.05) is 18.5 Å². The summed E-state index contributed by atoms with van der Waals surface area (Å²) in [6.45, 7) is 3.16. The number of halogens is 2. The maximum Gasteiger partial charge on any atom is 0.272 e. The number of nitrogens with one attached hydrogen (secondary N) is 2. The second-order valence-electron chi connectivity index (χ2n) is 7.48. The lowest BCUT2D eigenvalue weighted by Gasteiger charge is -2.11. The molecule has 3 heterocycles. The van der Waals surface area contributed by atoms with Crippen LogP contribution in [-0.4, -0.2) is 27.0 Å². The molecule has 0 aliphatic carbocycles. The molecule has 32 heavy (non-hydrogen) atoms. The van der Waals surface area contributed by atoms with E-state index >= 15 is 0 Å². The van der Waals surface area contributed by atoms with Gasteiger partial charge in [0.15, 0.2) is 0 Å². The average Bonchev–Trinajstić information content (AvgIpc) is 3.12. The Balaban J connectivity index is 1.60. The summed E-state index contributed by atoms with van der Waals surface area (Å²) in [5.41, 5.74) is 1.91. The van der Waals surface area contributed by atoms with Crippen molar-refractivity contribution < 1.29 is 13.6 Å². The van der Waals surface area contributed by atoms with Crippen molar-refractivity contribution in [3.63, 3.8) is 0 Å². The van der Waals surface area contributed by atoms with Crippen LogP contribution in [0.3, 0.4) is 0 Å². The van der Waals surface area contributed by atoms with Crippen LogP contribution in [0.5, 0.6) is 0 Å². The molecular formula is C24H23F2N5O. The highest BCUT2D eigenvalue weighted by Crippen LogP contribution is 2.22. The number of pyridine rings is 2. The molecule has 0 aliphatic rings. The molecule has 1 aromatic carbocycles. The van der Waals surface area contributed by atoms with E-state index in [1.165, 1.54) is 18.2 Å². The second kappa shape index (κ2) is 9.55. The monoisotopic (exact) mass is 435 g/mol. The van der Waals surface area contributed by atoms with Crippen LogP contribution in [0.2, 0.25) is 0 Å². The van der Waals surface area contributed by atoms with Gasteiger partial charge < -0.3 is 15.2 Å². The SMILES string of the molecule is CCCCNc1ccc(NC(=O)c2cc3cc(F)cnc3n2Cc2cccc(F)c2)cn1. The molecule has 3 aromatic heterocycles. The number of rotatable bonds is 8. The van der Waals surface area contributed by atoms with Gasteiger partial charge in [0.05, 0.1) is 18.1 Å². The fraction of sp³-hybridized carbons (Fsp3) is 0.208. The Bertz CT molecular complexity index is 1240. The molecule has 0 radical (unpaired) electrons. The van der Waals surface area contributed by atoms with Gasteiger partial charge in [0.1, 0.15) is 28.8 Å². The Morgan fingerprint density at radius 1 is 1.03 bits per heavy atom. The zero-order valence-corrected chi connectivity index (χ0v) is 17.6. The van der Waals surface area contributed by atoms with Crippen LogP contribution in [0, 0.1) is 11.6 Å². The summed E-state index contributed by atoms with van der Waals surface area (Å²) in [7, 11) is 0. The fourth-order valence-electron chi connectivity index (χ4n) is 3.45. The molecule has 6 nitrogen and oxygen atoms in total. The fourth-order valence-corrected chi connectivity index (χ4v) is 3.45. The Hall–Kier alpha value is -3.81. The van der Waals surface area contributed by atoms with Gasteiger partial charge in [0.25, 0.3) is 5.91 Å². The Labute approximate surface area is 184 Å². The van der Waals surface area contributed by atoms with E-state index in [9.17, 15) is 13.6 Å². The van der Waals surface area contributed by atoms with Crippen molar-refractivity contribution in [2.75, 3.05) is 17.2 Å². The van der Waals surface area contributed by atoms with E-state index in [4.69, 9.17) is 0 Å². The molecule has 0 saturated carbocycles. The van der Waals surface area contributed by atoms with Crippen LogP contribution in [0.1, 0.15) is 35.8 Å². The largest absolute Gasteiger partial charge is 0.370 e. The van der Waals surface area contributed by atoms with E-state index < -0.39 is 11.7 Å². The number of nitrogens with zero attached hydrogens (tertiary/aromatic N) is 3. The topological polar surface area (TPSA) is 71.8 Å². The third kappa shape index (κ3) is 4.91. The standard InChI is InChI=1S/C24H23F2N5O/c1-2-3-9-27-22-8-7-20(14-28-22)30-24(32)21-12-17-11-19(26)13-29-23(17)31(21)15-16-5-4-6-18(25)10-16/h4-8,10-14H,2-3,9,15H2,1H3,(H,27,28)(H,30,32). The summed E-state index contributed by atoms with van der Waals surface area (Å²) in [6, 6.07) is 12.6. The van der Waals surface area contributed by atoms with Gasteiger partial charge in [-0.15, -0.1) is 0 Å². The van der Waals surface area contributed by atoms with Gasteiger partial charge >= 0.3 is 0 Å².